The zero-order chi connectivity index (χ0) is 23.8. The van der Waals surface area contributed by atoms with Gasteiger partial charge in [-0.3, -0.25) is 4.79 Å². The normalized spacial score (nSPS) is 11.4. The van der Waals surface area contributed by atoms with E-state index in [0.29, 0.717) is 27.3 Å². The maximum Gasteiger partial charge on any atom is 0.261 e. The summed E-state index contributed by atoms with van der Waals surface area (Å²) in [5.41, 5.74) is 9.30. The molecule has 0 aliphatic heterocycles. The van der Waals surface area contributed by atoms with Crippen molar-refractivity contribution in [1.82, 2.24) is 14.6 Å². The Kier molecular flexibility index (Phi) is 5.23. The minimum atomic E-state index is -0.481. The lowest BCUT2D eigenvalue weighted by Gasteiger charge is -2.05. The minimum absolute atomic E-state index is 0.0380. The summed E-state index contributed by atoms with van der Waals surface area (Å²) in [5.74, 6) is -0.980. The number of aromatic nitrogens is 3. The van der Waals surface area contributed by atoms with Crippen molar-refractivity contribution in [1.29, 1.82) is 0 Å². The van der Waals surface area contributed by atoms with Crippen molar-refractivity contribution in [2.75, 3.05) is 11.1 Å². The number of nitrogens with one attached hydrogen (secondary N) is 1. The van der Waals surface area contributed by atoms with Crippen molar-refractivity contribution in [2.24, 2.45) is 5.10 Å². The van der Waals surface area contributed by atoms with E-state index in [1.807, 2.05) is 12.1 Å². The van der Waals surface area contributed by atoms with Crippen molar-refractivity contribution >= 4 is 57.4 Å². The molecule has 9 nitrogen and oxygen atoms in total. The highest BCUT2D eigenvalue weighted by Crippen LogP contribution is 2.29. The van der Waals surface area contributed by atoms with Gasteiger partial charge in [0.25, 0.3) is 5.91 Å². The van der Waals surface area contributed by atoms with E-state index in [1.54, 1.807) is 42.5 Å². The van der Waals surface area contributed by atoms with E-state index in [0.717, 1.165) is 0 Å². The quantitative estimate of drug-likeness (QED) is 0.226. The van der Waals surface area contributed by atoms with Crippen LogP contribution in [0.5, 0.6) is 11.5 Å². The summed E-state index contributed by atoms with van der Waals surface area (Å²) >= 11 is 5.93. The van der Waals surface area contributed by atoms with Crippen LogP contribution >= 0.6 is 11.6 Å². The molecule has 0 fully saturated rings. The molecule has 0 atom stereocenters. The average Bonchev–Trinajstić information content (AvgIpc) is 3.10. The molecule has 0 unspecified atom stereocenters. The van der Waals surface area contributed by atoms with Gasteiger partial charge in [-0.1, -0.05) is 23.7 Å². The van der Waals surface area contributed by atoms with Gasteiger partial charge < -0.3 is 21.3 Å². The van der Waals surface area contributed by atoms with Crippen molar-refractivity contribution in [2.45, 2.75) is 0 Å². The number of nitrogens with zero attached hydrogens (tertiary/aromatic N) is 4. The molecule has 0 saturated carbocycles. The summed E-state index contributed by atoms with van der Waals surface area (Å²) in [7, 11) is 0. The van der Waals surface area contributed by atoms with Gasteiger partial charge in [-0.25, -0.2) is 9.97 Å². The Balaban J connectivity index is 1.65. The molecule has 34 heavy (non-hydrogen) atoms. The van der Waals surface area contributed by atoms with Crippen LogP contribution in [-0.4, -0.2) is 37.0 Å². The third-order valence-corrected chi connectivity index (χ3v) is 5.38. The molecule has 0 bridgehead atoms. The second-order valence-electron chi connectivity index (χ2n) is 7.41. The smallest absolute Gasteiger partial charge is 0.261 e. The zero-order valence-corrected chi connectivity index (χ0v) is 18.2. The molecule has 0 aliphatic rings. The molecule has 0 spiro atoms. The molecule has 5 N–H and O–H groups in total. The van der Waals surface area contributed by atoms with Gasteiger partial charge in [0.2, 0.25) is 0 Å². The van der Waals surface area contributed by atoms with Gasteiger partial charge in [0.15, 0.2) is 17.1 Å². The number of halogens is 1. The number of hydrogen-bond donors (Lipinski definition) is 4. The Hall–Kier alpha value is -4.63. The number of benzene rings is 3. The SMILES string of the molecule is Nc1c(C(=O)Nc2ccc(Cl)cc2)c2nc3ccccc3nc2n1N=Cc1ccc(O)c(O)c1. The average molecular weight is 473 g/mol. The number of phenols is 2. The Morgan fingerprint density at radius 1 is 1.00 bits per heavy atom. The molecule has 1 amide bonds. The maximum absolute atomic E-state index is 13.2. The molecule has 0 aliphatic carbocycles. The van der Waals surface area contributed by atoms with Crippen LogP contribution < -0.4 is 11.1 Å². The van der Waals surface area contributed by atoms with Gasteiger partial charge in [-0.15, -0.1) is 0 Å². The van der Waals surface area contributed by atoms with Crippen LogP contribution in [0.15, 0.2) is 71.8 Å². The molecule has 5 rings (SSSR count). The molecule has 2 aromatic heterocycles. The predicted octanol–water partition coefficient (Wildman–Crippen LogP) is 4.37. The fraction of sp³-hybridized carbons (Fsp3) is 0. The minimum Gasteiger partial charge on any atom is -0.504 e. The van der Waals surface area contributed by atoms with Crippen LogP contribution in [0.3, 0.4) is 0 Å². The number of phenolic OH excluding ortho intramolecular Hbond substituents is 2. The van der Waals surface area contributed by atoms with Crippen LogP contribution in [0.25, 0.3) is 22.2 Å². The number of nitrogen functional groups attached to an aromatic ring is 1. The number of carbonyl (C=O) groups excluding carboxylic acids is 1. The standard InChI is InChI=1S/C24H17ClN6O3/c25-14-6-8-15(9-7-14)28-24(34)20-21-23(30-17-4-2-1-3-16(17)29-21)31(22(20)26)27-12-13-5-10-18(32)19(33)11-13/h1-12,32-33H,26H2,(H,28,34). The Bertz CT molecular complexity index is 1590. The van der Waals surface area contributed by atoms with E-state index in [9.17, 15) is 15.0 Å². The number of amides is 1. The summed E-state index contributed by atoms with van der Waals surface area (Å²) in [6.45, 7) is 0. The number of rotatable bonds is 4. The lowest BCUT2D eigenvalue weighted by Crippen LogP contribution is -2.14. The molecule has 2 heterocycles. The van der Waals surface area contributed by atoms with Crippen LogP contribution in [0, 0.1) is 0 Å². The van der Waals surface area contributed by atoms with E-state index < -0.39 is 5.91 Å². The summed E-state index contributed by atoms with van der Waals surface area (Å²) in [5, 5.41) is 27.0. The van der Waals surface area contributed by atoms with Crippen molar-refractivity contribution in [3.05, 3.63) is 82.9 Å². The fourth-order valence-electron chi connectivity index (χ4n) is 3.46. The van der Waals surface area contributed by atoms with Crippen LogP contribution in [0.1, 0.15) is 15.9 Å². The topological polar surface area (TPSA) is 139 Å². The number of carbonyl (C=O) groups is 1. The highest BCUT2D eigenvalue weighted by molar-refractivity contribution is 6.30. The predicted molar refractivity (Wildman–Crippen MR) is 132 cm³/mol. The Morgan fingerprint density at radius 3 is 2.41 bits per heavy atom. The summed E-state index contributed by atoms with van der Waals surface area (Å²) in [4.78, 5) is 22.5. The number of hydrogen-bond acceptors (Lipinski definition) is 7. The van der Waals surface area contributed by atoms with Crippen LogP contribution in [0.4, 0.5) is 11.5 Å². The van der Waals surface area contributed by atoms with Crippen molar-refractivity contribution in [3.8, 4) is 11.5 Å². The largest absolute Gasteiger partial charge is 0.504 e. The molecular weight excluding hydrogens is 456 g/mol. The second kappa shape index (κ2) is 8.38. The first kappa shape index (κ1) is 21.2. The van der Waals surface area contributed by atoms with Gasteiger partial charge in [0.1, 0.15) is 16.9 Å². The fourth-order valence-corrected chi connectivity index (χ4v) is 3.59. The van der Waals surface area contributed by atoms with Crippen LogP contribution in [-0.2, 0) is 0 Å². The molecule has 168 valence electrons. The summed E-state index contributed by atoms with van der Waals surface area (Å²) < 4.78 is 1.31. The summed E-state index contributed by atoms with van der Waals surface area (Å²) in [6.07, 6.45) is 1.42. The third-order valence-electron chi connectivity index (χ3n) is 5.12. The molecule has 0 saturated heterocycles. The maximum atomic E-state index is 13.2. The zero-order valence-electron chi connectivity index (χ0n) is 17.5. The number of anilines is 2. The van der Waals surface area contributed by atoms with Crippen molar-refractivity contribution in [3.63, 3.8) is 0 Å². The van der Waals surface area contributed by atoms with Gasteiger partial charge >= 0.3 is 0 Å². The number of para-hydroxylation sites is 2. The first-order chi connectivity index (χ1) is 16.4. The first-order valence-electron chi connectivity index (χ1n) is 10.1. The highest BCUT2D eigenvalue weighted by atomic mass is 35.5. The molecule has 10 heteroatoms. The van der Waals surface area contributed by atoms with Gasteiger partial charge in [-0.2, -0.15) is 9.78 Å². The van der Waals surface area contributed by atoms with Gasteiger partial charge in [0.05, 0.1) is 17.2 Å². The molecular formula is C24H17ClN6O3. The molecule has 5 aromatic rings. The lowest BCUT2D eigenvalue weighted by molar-refractivity contribution is 0.102. The third kappa shape index (κ3) is 3.84. The first-order valence-corrected chi connectivity index (χ1v) is 10.5. The molecule has 0 radical (unpaired) electrons. The van der Waals surface area contributed by atoms with Crippen LogP contribution in [0.2, 0.25) is 5.02 Å². The lowest BCUT2D eigenvalue weighted by atomic mass is 10.2. The van der Waals surface area contributed by atoms with E-state index in [1.165, 1.54) is 23.0 Å². The van der Waals surface area contributed by atoms with E-state index in [2.05, 4.69) is 20.4 Å². The van der Waals surface area contributed by atoms with Gasteiger partial charge in [0, 0.05) is 10.7 Å². The van der Waals surface area contributed by atoms with E-state index in [4.69, 9.17) is 17.3 Å². The summed E-state index contributed by atoms with van der Waals surface area (Å²) in [6, 6.07) is 18.2. The monoisotopic (exact) mass is 472 g/mol. The molecule has 3 aromatic carbocycles. The number of fused-ring (bicyclic) bond motifs is 2. The second-order valence-corrected chi connectivity index (χ2v) is 7.85. The van der Waals surface area contributed by atoms with Gasteiger partial charge in [-0.05, 0) is 60.2 Å². The Labute approximate surface area is 197 Å². The van der Waals surface area contributed by atoms with E-state index in [-0.39, 0.29) is 34.0 Å². The number of nitrogens with two attached hydrogens (primary N) is 1. The highest BCUT2D eigenvalue weighted by Gasteiger charge is 2.24. The van der Waals surface area contributed by atoms with E-state index >= 15 is 0 Å². The Morgan fingerprint density at radius 2 is 1.71 bits per heavy atom. The van der Waals surface area contributed by atoms with Crippen molar-refractivity contribution < 1.29 is 15.0 Å². The number of aromatic hydroxyl groups is 2.